The van der Waals surface area contributed by atoms with Crippen LogP contribution < -0.4 is 16.6 Å². The summed E-state index contributed by atoms with van der Waals surface area (Å²) in [7, 11) is 1.77. The maximum absolute atomic E-state index is 5.53. The fourth-order valence-corrected chi connectivity index (χ4v) is 2.70. The van der Waals surface area contributed by atoms with Crippen LogP contribution in [0, 0.1) is 12.3 Å². The summed E-state index contributed by atoms with van der Waals surface area (Å²) in [5.74, 6) is 7.85. The number of hydrogen-bond acceptors (Lipinski definition) is 6. The molecule has 1 aliphatic rings. The molecule has 0 amide bonds. The Morgan fingerprint density at radius 3 is 2.50 bits per heavy atom. The molecule has 0 bridgehead atoms. The summed E-state index contributed by atoms with van der Waals surface area (Å²) < 4.78 is 5.48. The molecule has 0 spiro atoms. The summed E-state index contributed by atoms with van der Waals surface area (Å²) >= 11 is 0. The van der Waals surface area contributed by atoms with Crippen molar-refractivity contribution < 1.29 is 4.74 Å². The van der Waals surface area contributed by atoms with Gasteiger partial charge in [0.15, 0.2) is 0 Å². The fraction of sp³-hybridized carbons (Fsp3) is 0.714. The zero-order valence-corrected chi connectivity index (χ0v) is 12.9. The lowest BCUT2D eigenvalue weighted by Gasteiger charge is -2.51. The minimum Gasteiger partial charge on any atom is -0.381 e. The van der Waals surface area contributed by atoms with Crippen LogP contribution >= 0.6 is 0 Å². The van der Waals surface area contributed by atoms with Gasteiger partial charge >= 0.3 is 0 Å². The van der Waals surface area contributed by atoms with Gasteiger partial charge in [-0.15, -0.1) is 0 Å². The minimum atomic E-state index is 0.0921. The van der Waals surface area contributed by atoms with E-state index in [2.05, 4.69) is 34.6 Å². The highest BCUT2D eigenvalue weighted by Gasteiger charge is 2.48. The van der Waals surface area contributed by atoms with Crippen molar-refractivity contribution in [3.63, 3.8) is 0 Å². The lowest BCUT2D eigenvalue weighted by Crippen LogP contribution is -2.57. The van der Waals surface area contributed by atoms with Gasteiger partial charge in [0.05, 0.1) is 6.10 Å². The van der Waals surface area contributed by atoms with Crippen molar-refractivity contribution >= 4 is 11.6 Å². The first-order valence-electron chi connectivity index (χ1n) is 7.07. The molecule has 20 heavy (non-hydrogen) atoms. The van der Waals surface area contributed by atoms with Crippen molar-refractivity contribution in [1.29, 1.82) is 0 Å². The standard InChI is InChI=1S/C14H25N5O/c1-6-11-17-12(8(2)13(18-11)19-15)16-9-7-10(20-5)14(9,3)4/h9-10H,6-7,15H2,1-5H3,(H2,16,17,18,19). The summed E-state index contributed by atoms with van der Waals surface area (Å²) in [5, 5.41) is 3.52. The maximum atomic E-state index is 5.53. The first kappa shape index (κ1) is 15.0. The molecule has 1 aliphatic carbocycles. The number of aryl methyl sites for hydroxylation is 1. The van der Waals surface area contributed by atoms with Gasteiger partial charge in [-0.2, -0.15) is 0 Å². The van der Waals surface area contributed by atoms with Crippen LogP contribution in [0.15, 0.2) is 0 Å². The highest BCUT2D eigenvalue weighted by Crippen LogP contribution is 2.44. The van der Waals surface area contributed by atoms with Gasteiger partial charge < -0.3 is 15.5 Å². The van der Waals surface area contributed by atoms with Gasteiger partial charge in [-0.3, -0.25) is 0 Å². The molecule has 1 aromatic heterocycles. The first-order chi connectivity index (χ1) is 9.43. The summed E-state index contributed by atoms with van der Waals surface area (Å²) in [6, 6.07) is 0.344. The van der Waals surface area contributed by atoms with Gasteiger partial charge in [0.2, 0.25) is 0 Å². The van der Waals surface area contributed by atoms with Crippen LogP contribution in [0.5, 0.6) is 0 Å². The minimum absolute atomic E-state index is 0.0921. The molecule has 1 aromatic rings. The van der Waals surface area contributed by atoms with Crippen LogP contribution in [-0.2, 0) is 11.2 Å². The van der Waals surface area contributed by atoms with E-state index in [-0.39, 0.29) is 5.41 Å². The number of rotatable bonds is 5. The van der Waals surface area contributed by atoms with Gasteiger partial charge in [0.25, 0.3) is 0 Å². The zero-order valence-electron chi connectivity index (χ0n) is 12.9. The van der Waals surface area contributed by atoms with E-state index < -0.39 is 0 Å². The zero-order chi connectivity index (χ0) is 14.9. The van der Waals surface area contributed by atoms with E-state index >= 15 is 0 Å². The highest BCUT2D eigenvalue weighted by atomic mass is 16.5. The van der Waals surface area contributed by atoms with E-state index in [1.807, 2.05) is 13.8 Å². The fourth-order valence-electron chi connectivity index (χ4n) is 2.70. The number of aromatic nitrogens is 2. The number of ether oxygens (including phenoxy) is 1. The molecule has 0 saturated heterocycles. The third kappa shape index (κ3) is 2.45. The molecule has 4 N–H and O–H groups in total. The second-order valence-corrected chi connectivity index (χ2v) is 5.94. The van der Waals surface area contributed by atoms with Crippen LogP contribution in [0.3, 0.4) is 0 Å². The lowest BCUT2D eigenvalue weighted by molar-refractivity contribution is -0.0795. The number of nitrogens with zero attached hydrogens (tertiary/aromatic N) is 2. The summed E-state index contributed by atoms with van der Waals surface area (Å²) in [4.78, 5) is 8.96. The maximum Gasteiger partial charge on any atom is 0.148 e. The number of nitrogens with two attached hydrogens (primary N) is 1. The van der Waals surface area contributed by atoms with Crippen molar-refractivity contribution in [2.24, 2.45) is 11.3 Å². The molecule has 6 nitrogen and oxygen atoms in total. The Morgan fingerprint density at radius 2 is 2.00 bits per heavy atom. The second kappa shape index (κ2) is 5.54. The smallest absolute Gasteiger partial charge is 0.148 e. The highest BCUT2D eigenvalue weighted by molar-refractivity contribution is 5.57. The molecule has 1 heterocycles. The normalized spacial score (nSPS) is 24.1. The quantitative estimate of drug-likeness (QED) is 0.563. The average molecular weight is 279 g/mol. The number of nitrogen functional groups attached to an aromatic ring is 1. The van der Waals surface area contributed by atoms with Crippen LogP contribution in [-0.4, -0.2) is 29.2 Å². The Morgan fingerprint density at radius 1 is 1.35 bits per heavy atom. The van der Waals surface area contributed by atoms with Crippen molar-refractivity contribution in [3.05, 3.63) is 11.4 Å². The number of nitrogens with one attached hydrogen (secondary N) is 2. The topological polar surface area (TPSA) is 85.1 Å². The number of methoxy groups -OCH3 is 1. The van der Waals surface area contributed by atoms with E-state index in [4.69, 9.17) is 10.6 Å². The lowest BCUT2D eigenvalue weighted by atomic mass is 9.64. The Hall–Kier alpha value is -1.40. The van der Waals surface area contributed by atoms with Crippen LogP contribution in [0.4, 0.5) is 11.6 Å². The molecule has 6 heteroatoms. The average Bonchev–Trinajstić information content (AvgIpc) is 2.44. The predicted molar refractivity (Wildman–Crippen MR) is 80.6 cm³/mol. The molecule has 2 unspecified atom stereocenters. The number of anilines is 2. The molecular weight excluding hydrogens is 254 g/mol. The second-order valence-electron chi connectivity index (χ2n) is 5.94. The summed E-state index contributed by atoms with van der Waals surface area (Å²) in [6.07, 6.45) is 2.05. The van der Waals surface area contributed by atoms with Crippen molar-refractivity contribution in [3.8, 4) is 0 Å². The molecule has 1 fully saturated rings. The molecule has 0 radical (unpaired) electrons. The molecule has 1 saturated carbocycles. The molecule has 112 valence electrons. The van der Waals surface area contributed by atoms with Gasteiger partial charge in [0, 0.05) is 30.6 Å². The predicted octanol–water partition coefficient (Wildman–Crippen LogP) is 1.86. The molecule has 2 atom stereocenters. The summed E-state index contributed by atoms with van der Waals surface area (Å²) in [5.41, 5.74) is 3.68. The van der Waals surface area contributed by atoms with Crippen LogP contribution in [0.25, 0.3) is 0 Å². The Bertz CT molecular complexity index is 489. The SMILES string of the molecule is CCc1nc(NN)c(C)c(NC2CC(OC)C2(C)C)n1. The van der Waals surface area contributed by atoms with Crippen molar-refractivity contribution in [2.45, 2.75) is 52.7 Å². The monoisotopic (exact) mass is 279 g/mol. The van der Waals surface area contributed by atoms with E-state index in [0.29, 0.717) is 18.0 Å². The third-order valence-corrected chi connectivity index (χ3v) is 4.42. The largest absolute Gasteiger partial charge is 0.381 e. The van der Waals surface area contributed by atoms with Crippen molar-refractivity contribution in [2.75, 3.05) is 17.9 Å². The third-order valence-electron chi connectivity index (χ3n) is 4.42. The molecule has 0 aliphatic heterocycles. The molecule has 2 rings (SSSR count). The van der Waals surface area contributed by atoms with Crippen LogP contribution in [0.2, 0.25) is 0 Å². The van der Waals surface area contributed by atoms with Gasteiger partial charge in [-0.1, -0.05) is 20.8 Å². The molecule has 0 aromatic carbocycles. The van der Waals surface area contributed by atoms with Gasteiger partial charge in [-0.25, -0.2) is 15.8 Å². The van der Waals surface area contributed by atoms with E-state index in [1.54, 1.807) is 7.11 Å². The van der Waals surface area contributed by atoms with E-state index in [9.17, 15) is 0 Å². The Balaban J connectivity index is 2.22. The number of hydrazine groups is 1. The summed E-state index contributed by atoms with van der Waals surface area (Å²) in [6.45, 7) is 8.42. The van der Waals surface area contributed by atoms with Crippen LogP contribution in [0.1, 0.15) is 38.6 Å². The Kier molecular flexibility index (Phi) is 4.15. The Labute approximate surface area is 120 Å². The van der Waals surface area contributed by atoms with Crippen molar-refractivity contribution in [1.82, 2.24) is 9.97 Å². The number of hydrogen-bond donors (Lipinski definition) is 3. The first-order valence-corrected chi connectivity index (χ1v) is 7.07. The van der Waals surface area contributed by atoms with E-state index in [0.717, 1.165) is 30.0 Å². The van der Waals surface area contributed by atoms with Gasteiger partial charge in [0.1, 0.15) is 17.5 Å². The van der Waals surface area contributed by atoms with Gasteiger partial charge in [-0.05, 0) is 13.3 Å². The molecular formula is C14H25N5O. The van der Waals surface area contributed by atoms with E-state index in [1.165, 1.54) is 0 Å².